The van der Waals surface area contributed by atoms with Crippen LogP contribution in [0, 0.1) is 0 Å². The Bertz CT molecular complexity index is 1110. The van der Waals surface area contributed by atoms with Crippen molar-refractivity contribution in [3.8, 4) is 28.3 Å². The maximum atomic E-state index is 6.15. The molecule has 0 amide bonds. The second kappa shape index (κ2) is 8.64. The molecule has 6 heteroatoms. The summed E-state index contributed by atoms with van der Waals surface area (Å²) in [5, 5.41) is 9.40. The van der Waals surface area contributed by atoms with Crippen LogP contribution in [0.5, 0.6) is 5.75 Å². The Morgan fingerprint density at radius 1 is 0.931 bits per heavy atom. The fourth-order valence-electron chi connectivity index (χ4n) is 3.20. The highest BCUT2D eigenvalue weighted by atomic mass is 35.5. The second-order valence-electron chi connectivity index (χ2n) is 7.21. The molecule has 0 aliphatic carbocycles. The number of hydrogen-bond donors (Lipinski definition) is 0. The predicted molar refractivity (Wildman–Crippen MR) is 118 cm³/mol. The summed E-state index contributed by atoms with van der Waals surface area (Å²) in [4.78, 5) is 2.15. The van der Waals surface area contributed by atoms with Gasteiger partial charge in [-0.3, -0.25) is 4.40 Å². The summed E-state index contributed by atoms with van der Waals surface area (Å²) in [6, 6.07) is 19.8. The van der Waals surface area contributed by atoms with Crippen LogP contribution in [0.4, 0.5) is 0 Å². The van der Waals surface area contributed by atoms with E-state index in [1.165, 1.54) is 0 Å². The van der Waals surface area contributed by atoms with Crippen molar-refractivity contribution in [3.05, 3.63) is 71.9 Å². The van der Waals surface area contributed by atoms with Gasteiger partial charge < -0.3 is 9.64 Å². The van der Waals surface area contributed by atoms with Gasteiger partial charge in [-0.05, 0) is 80.2 Å². The maximum Gasteiger partial charge on any atom is 0.168 e. The molecule has 0 atom stereocenters. The minimum absolute atomic E-state index is 0.703. The fraction of sp³-hybridized carbons (Fsp3) is 0.217. The van der Waals surface area contributed by atoms with Gasteiger partial charge >= 0.3 is 0 Å². The molecule has 0 unspecified atom stereocenters. The van der Waals surface area contributed by atoms with Gasteiger partial charge in [0.25, 0.3) is 0 Å². The number of benzene rings is 2. The molecule has 0 spiro atoms. The molecule has 5 nitrogen and oxygen atoms in total. The molecule has 4 aromatic rings. The van der Waals surface area contributed by atoms with Gasteiger partial charge in [-0.2, -0.15) is 0 Å². The lowest BCUT2D eigenvalue weighted by Crippen LogP contribution is -2.15. The van der Waals surface area contributed by atoms with E-state index < -0.39 is 0 Å². The molecule has 0 N–H and O–H groups in total. The molecular weight excluding hydrogens is 384 g/mol. The SMILES string of the molecule is CN(C)CCCOc1ccc(-c2nnc3ccc(-c4cccc(Cl)c4)cn23)cc1. The van der Waals surface area contributed by atoms with Crippen molar-refractivity contribution in [1.82, 2.24) is 19.5 Å². The van der Waals surface area contributed by atoms with E-state index in [0.717, 1.165) is 46.9 Å². The number of hydrogen-bond acceptors (Lipinski definition) is 4. The lowest BCUT2D eigenvalue weighted by Gasteiger charge is -2.10. The van der Waals surface area contributed by atoms with Crippen LogP contribution in [-0.4, -0.2) is 46.7 Å². The topological polar surface area (TPSA) is 42.7 Å². The number of aromatic nitrogens is 3. The van der Waals surface area contributed by atoms with Crippen LogP contribution < -0.4 is 4.74 Å². The molecule has 29 heavy (non-hydrogen) atoms. The minimum atomic E-state index is 0.703. The molecule has 0 aliphatic heterocycles. The van der Waals surface area contributed by atoms with Gasteiger partial charge in [0.15, 0.2) is 11.5 Å². The minimum Gasteiger partial charge on any atom is -0.494 e. The number of pyridine rings is 1. The first-order chi connectivity index (χ1) is 14.1. The average Bonchev–Trinajstić information content (AvgIpc) is 3.15. The highest BCUT2D eigenvalue weighted by Gasteiger charge is 2.10. The Labute approximate surface area is 175 Å². The van der Waals surface area contributed by atoms with Crippen molar-refractivity contribution in [2.45, 2.75) is 6.42 Å². The Morgan fingerprint density at radius 2 is 1.72 bits per heavy atom. The van der Waals surface area contributed by atoms with E-state index in [-0.39, 0.29) is 0 Å². The summed E-state index contributed by atoms with van der Waals surface area (Å²) in [5.41, 5.74) is 3.90. The third kappa shape index (κ3) is 4.58. The number of halogens is 1. The quantitative estimate of drug-likeness (QED) is 0.403. The first-order valence-corrected chi connectivity index (χ1v) is 9.97. The van der Waals surface area contributed by atoms with E-state index in [9.17, 15) is 0 Å². The van der Waals surface area contributed by atoms with E-state index in [4.69, 9.17) is 16.3 Å². The standard InChI is InChI=1S/C23H23ClN4O/c1-27(2)13-4-14-29-21-10-7-17(8-11-21)23-26-25-22-12-9-19(16-28(22)23)18-5-3-6-20(24)15-18/h3,5-12,15-16H,4,13-14H2,1-2H3. The van der Waals surface area contributed by atoms with E-state index >= 15 is 0 Å². The van der Waals surface area contributed by atoms with Crippen LogP contribution in [0.1, 0.15) is 6.42 Å². The third-order valence-electron chi connectivity index (χ3n) is 4.69. The fourth-order valence-corrected chi connectivity index (χ4v) is 3.39. The van der Waals surface area contributed by atoms with Gasteiger partial charge in [0.1, 0.15) is 5.75 Å². The largest absolute Gasteiger partial charge is 0.494 e. The number of rotatable bonds is 7. The number of nitrogens with zero attached hydrogens (tertiary/aromatic N) is 4. The monoisotopic (exact) mass is 406 g/mol. The molecule has 0 aliphatic rings. The molecule has 2 heterocycles. The van der Waals surface area contributed by atoms with Gasteiger partial charge in [0.2, 0.25) is 0 Å². The first kappa shape index (κ1) is 19.4. The van der Waals surface area contributed by atoms with Crippen molar-refractivity contribution in [2.24, 2.45) is 0 Å². The second-order valence-corrected chi connectivity index (χ2v) is 7.65. The van der Waals surface area contributed by atoms with Crippen molar-refractivity contribution < 1.29 is 4.74 Å². The van der Waals surface area contributed by atoms with E-state index in [0.29, 0.717) is 11.6 Å². The van der Waals surface area contributed by atoms with Crippen LogP contribution in [0.25, 0.3) is 28.2 Å². The summed E-state index contributed by atoms with van der Waals surface area (Å²) in [6.07, 6.45) is 3.04. The first-order valence-electron chi connectivity index (χ1n) is 9.59. The molecule has 0 fully saturated rings. The summed E-state index contributed by atoms with van der Waals surface area (Å²) in [6.45, 7) is 1.72. The third-order valence-corrected chi connectivity index (χ3v) is 4.93. The lowest BCUT2D eigenvalue weighted by molar-refractivity contribution is 0.281. The highest BCUT2D eigenvalue weighted by molar-refractivity contribution is 6.30. The van der Waals surface area contributed by atoms with Crippen molar-refractivity contribution in [1.29, 1.82) is 0 Å². The molecule has 2 aromatic heterocycles. The van der Waals surface area contributed by atoms with E-state index in [1.54, 1.807) is 0 Å². The number of ether oxygens (including phenoxy) is 1. The molecule has 4 rings (SSSR count). The van der Waals surface area contributed by atoms with Gasteiger partial charge in [0, 0.05) is 23.3 Å². The highest BCUT2D eigenvalue weighted by Crippen LogP contribution is 2.26. The Kier molecular flexibility index (Phi) is 5.79. The zero-order chi connectivity index (χ0) is 20.2. The molecule has 2 aromatic carbocycles. The Balaban J connectivity index is 1.56. The molecule has 0 saturated carbocycles. The maximum absolute atomic E-state index is 6.15. The predicted octanol–water partition coefficient (Wildman–Crippen LogP) is 5.05. The van der Waals surface area contributed by atoms with Crippen LogP contribution in [-0.2, 0) is 0 Å². The van der Waals surface area contributed by atoms with Crippen LogP contribution in [0.3, 0.4) is 0 Å². The van der Waals surface area contributed by atoms with Gasteiger partial charge in [0.05, 0.1) is 6.61 Å². The molecule has 0 bridgehead atoms. The molecule has 148 valence electrons. The van der Waals surface area contributed by atoms with Gasteiger partial charge in [-0.1, -0.05) is 23.7 Å². The summed E-state index contributed by atoms with van der Waals surface area (Å²) < 4.78 is 7.83. The summed E-state index contributed by atoms with van der Waals surface area (Å²) in [7, 11) is 4.13. The Hall–Kier alpha value is -2.89. The number of fused-ring (bicyclic) bond motifs is 1. The molecule has 0 radical (unpaired) electrons. The van der Waals surface area contributed by atoms with Crippen molar-refractivity contribution in [2.75, 3.05) is 27.2 Å². The Morgan fingerprint density at radius 3 is 2.48 bits per heavy atom. The smallest absolute Gasteiger partial charge is 0.168 e. The van der Waals surface area contributed by atoms with Crippen molar-refractivity contribution >= 4 is 17.2 Å². The normalized spacial score (nSPS) is 11.3. The van der Waals surface area contributed by atoms with Gasteiger partial charge in [-0.25, -0.2) is 0 Å². The van der Waals surface area contributed by atoms with Crippen LogP contribution in [0.2, 0.25) is 5.02 Å². The van der Waals surface area contributed by atoms with E-state index in [1.807, 2.05) is 71.3 Å². The summed E-state index contributed by atoms with van der Waals surface area (Å²) in [5.74, 6) is 1.66. The zero-order valence-electron chi connectivity index (χ0n) is 16.5. The summed E-state index contributed by atoms with van der Waals surface area (Å²) >= 11 is 6.15. The lowest BCUT2D eigenvalue weighted by atomic mass is 10.1. The van der Waals surface area contributed by atoms with Crippen LogP contribution in [0.15, 0.2) is 66.9 Å². The molecule has 0 saturated heterocycles. The molecular formula is C23H23ClN4O. The van der Waals surface area contributed by atoms with E-state index in [2.05, 4.69) is 29.2 Å². The van der Waals surface area contributed by atoms with Gasteiger partial charge in [-0.15, -0.1) is 10.2 Å². The zero-order valence-corrected chi connectivity index (χ0v) is 17.3. The van der Waals surface area contributed by atoms with Crippen molar-refractivity contribution in [3.63, 3.8) is 0 Å². The average molecular weight is 407 g/mol. The van der Waals surface area contributed by atoms with Crippen LogP contribution >= 0.6 is 11.6 Å².